The van der Waals surface area contributed by atoms with Crippen molar-refractivity contribution in [2.24, 2.45) is 10.9 Å². The minimum Gasteiger partial charge on any atom is -0.494 e. The fourth-order valence-electron chi connectivity index (χ4n) is 4.50. The molecule has 0 spiro atoms. The van der Waals surface area contributed by atoms with Crippen molar-refractivity contribution in [3.8, 4) is 11.5 Å². The van der Waals surface area contributed by atoms with Crippen LogP contribution in [-0.4, -0.2) is 25.1 Å². The van der Waals surface area contributed by atoms with Crippen molar-refractivity contribution in [1.82, 2.24) is 5.32 Å². The van der Waals surface area contributed by atoms with Gasteiger partial charge in [0.05, 0.1) is 30.9 Å². The molecule has 0 saturated heterocycles. The van der Waals surface area contributed by atoms with Gasteiger partial charge in [-0.3, -0.25) is 4.99 Å². The lowest BCUT2D eigenvalue weighted by Crippen LogP contribution is -2.37. The van der Waals surface area contributed by atoms with Crippen molar-refractivity contribution in [2.75, 3.05) is 13.2 Å². The third-order valence-corrected chi connectivity index (χ3v) is 6.10. The van der Waals surface area contributed by atoms with Crippen LogP contribution in [0.5, 0.6) is 11.5 Å². The first-order chi connectivity index (χ1) is 14.2. The molecule has 2 aromatic rings. The molecule has 29 heavy (non-hydrogen) atoms. The zero-order valence-electron chi connectivity index (χ0n) is 17.2. The third kappa shape index (κ3) is 4.37. The second-order valence-electron chi connectivity index (χ2n) is 7.71. The molecule has 0 aromatic heterocycles. The number of ether oxygens (including phenoxy) is 2. The first kappa shape index (κ1) is 20.1. The highest BCUT2D eigenvalue weighted by Crippen LogP contribution is 2.39. The number of rotatable bonds is 7. The van der Waals surface area contributed by atoms with E-state index in [-0.39, 0.29) is 6.04 Å². The van der Waals surface area contributed by atoms with Crippen LogP contribution in [0.4, 0.5) is 0 Å². The van der Waals surface area contributed by atoms with Crippen LogP contribution in [0.2, 0.25) is 5.02 Å². The lowest BCUT2D eigenvalue weighted by molar-refractivity contribution is 0.322. The zero-order chi connectivity index (χ0) is 20.2. The molecule has 154 valence electrons. The van der Waals surface area contributed by atoms with E-state index in [1.54, 1.807) is 0 Å². The van der Waals surface area contributed by atoms with E-state index in [4.69, 9.17) is 26.1 Å². The Labute approximate surface area is 178 Å². The Bertz CT molecular complexity index is 860. The van der Waals surface area contributed by atoms with Crippen LogP contribution in [0.25, 0.3) is 0 Å². The van der Waals surface area contributed by atoms with E-state index in [0.717, 1.165) is 27.9 Å². The highest BCUT2D eigenvalue weighted by atomic mass is 35.5. The van der Waals surface area contributed by atoms with Crippen LogP contribution in [0.15, 0.2) is 47.5 Å². The molecule has 4 nitrogen and oxygen atoms in total. The van der Waals surface area contributed by atoms with Gasteiger partial charge in [-0.15, -0.1) is 0 Å². The maximum atomic E-state index is 6.12. The molecule has 1 heterocycles. The van der Waals surface area contributed by atoms with Crippen molar-refractivity contribution >= 4 is 17.4 Å². The molecule has 1 aliphatic heterocycles. The van der Waals surface area contributed by atoms with Crippen LogP contribution in [0.3, 0.4) is 0 Å². The molecule has 5 heteroatoms. The van der Waals surface area contributed by atoms with Crippen molar-refractivity contribution in [3.63, 3.8) is 0 Å². The van der Waals surface area contributed by atoms with E-state index < -0.39 is 0 Å². The highest BCUT2D eigenvalue weighted by Gasteiger charge is 2.38. The summed E-state index contributed by atoms with van der Waals surface area (Å²) in [4.78, 5) is 5.14. The largest absolute Gasteiger partial charge is 0.494 e. The van der Waals surface area contributed by atoms with Crippen molar-refractivity contribution in [1.29, 1.82) is 0 Å². The lowest BCUT2D eigenvalue weighted by Gasteiger charge is -2.25. The Kier molecular flexibility index (Phi) is 6.29. The number of hydrogen-bond acceptors (Lipinski definition) is 4. The number of amidine groups is 1. The van der Waals surface area contributed by atoms with Gasteiger partial charge in [0.1, 0.15) is 17.3 Å². The topological polar surface area (TPSA) is 42.8 Å². The van der Waals surface area contributed by atoms with Crippen molar-refractivity contribution in [3.05, 3.63) is 58.6 Å². The van der Waals surface area contributed by atoms with Gasteiger partial charge < -0.3 is 14.8 Å². The van der Waals surface area contributed by atoms with Crippen LogP contribution in [0.1, 0.15) is 56.7 Å². The molecule has 0 amide bonds. The summed E-state index contributed by atoms with van der Waals surface area (Å²) in [6.45, 7) is 5.22. The normalized spacial score (nSPS) is 21.7. The molecule has 1 unspecified atom stereocenters. The van der Waals surface area contributed by atoms with E-state index in [0.29, 0.717) is 25.2 Å². The van der Waals surface area contributed by atoms with E-state index >= 15 is 0 Å². The number of benzene rings is 2. The summed E-state index contributed by atoms with van der Waals surface area (Å²) in [5, 5.41) is 4.51. The first-order valence-electron chi connectivity index (χ1n) is 10.7. The molecule has 4 rings (SSSR count). The number of aliphatic imine (C=N–C) groups is 1. The van der Waals surface area contributed by atoms with E-state index in [2.05, 4.69) is 23.5 Å². The summed E-state index contributed by atoms with van der Waals surface area (Å²) in [5.41, 5.74) is 2.20. The Morgan fingerprint density at radius 3 is 2.41 bits per heavy atom. The van der Waals surface area contributed by atoms with E-state index in [9.17, 15) is 0 Å². The quantitative estimate of drug-likeness (QED) is 0.626. The number of halogens is 1. The summed E-state index contributed by atoms with van der Waals surface area (Å²) in [5.74, 6) is 3.18. The summed E-state index contributed by atoms with van der Waals surface area (Å²) >= 11 is 6.12. The average Bonchev–Trinajstić information content (AvgIpc) is 3.39. The van der Waals surface area contributed by atoms with E-state index in [1.807, 2.05) is 38.1 Å². The van der Waals surface area contributed by atoms with Gasteiger partial charge in [-0.1, -0.05) is 36.6 Å². The number of nitrogens with zero attached hydrogens (tertiary/aromatic N) is 1. The Hall–Kier alpha value is -2.20. The summed E-state index contributed by atoms with van der Waals surface area (Å²) in [6, 6.07) is 14.5. The Morgan fingerprint density at radius 2 is 1.72 bits per heavy atom. The molecular formula is C24H29ClN2O2. The molecule has 2 atom stereocenters. The van der Waals surface area contributed by atoms with Gasteiger partial charge in [-0.2, -0.15) is 0 Å². The maximum absolute atomic E-state index is 6.12. The van der Waals surface area contributed by atoms with Crippen molar-refractivity contribution in [2.45, 2.75) is 51.6 Å². The zero-order valence-corrected chi connectivity index (χ0v) is 17.9. The van der Waals surface area contributed by atoms with Gasteiger partial charge in [0.25, 0.3) is 0 Å². The summed E-state index contributed by atoms with van der Waals surface area (Å²) < 4.78 is 11.6. The fourth-order valence-corrected chi connectivity index (χ4v) is 4.63. The van der Waals surface area contributed by atoms with Gasteiger partial charge in [-0.05, 0) is 62.4 Å². The van der Waals surface area contributed by atoms with Gasteiger partial charge in [0.2, 0.25) is 0 Å². The second kappa shape index (κ2) is 9.08. The molecule has 1 aliphatic carbocycles. The average molecular weight is 413 g/mol. The predicted molar refractivity (Wildman–Crippen MR) is 118 cm³/mol. The van der Waals surface area contributed by atoms with Crippen LogP contribution >= 0.6 is 11.6 Å². The minimum absolute atomic E-state index is 0.0893. The molecule has 0 bridgehead atoms. The Morgan fingerprint density at radius 1 is 1.00 bits per heavy atom. The molecule has 2 aromatic carbocycles. The molecule has 2 aliphatic rings. The third-order valence-electron chi connectivity index (χ3n) is 5.85. The first-order valence-corrected chi connectivity index (χ1v) is 11.1. The molecule has 1 saturated carbocycles. The van der Waals surface area contributed by atoms with Gasteiger partial charge in [0, 0.05) is 11.1 Å². The van der Waals surface area contributed by atoms with E-state index in [1.165, 1.54) is 31.2 Å². The molecule has 1 fully saturated rings. The second-order valence-corrected chi connectivity index (χ2v) is 8.15. The lowest BCUT2D eigenvalue weighted by atomic mass is 9.89. The monoisotopic (exact) mass is 412 g/mol. The van der Waals surface area contributed by atoms with Gasteiger partial charge >= 0.3 is 0 Å². The molecular weight excluding hydrogens is 384 g/mol. The Balaban J connectivity index is 1.69. The minimum atomic E-state index is 0.0893. The summed E-state index contributed by atoms with van der Waals surface area (Å²) in [7, 11) is 0. The van der Waals surface area contributed by atoms with Crippen molar-refractivity contribution < 1.29 is 9.47 Å². The number of hydrogen-bond donors (Lipinski definition) is 1. The standard InChI is InChI=1S/C24H29ClN2O2/c1-3-28-19-13-14-20(21(15-19)29-4-2)24-26-22(16-7-5-6-8-16)23(27-24)17-9-11-18(25)12-10-17/h9-16,22-23H,3-8H2,1-2H3,(H,26,27)/t22?,23-/m0/s1. The molecule has 1 N–H and O–H groups in total. The maximum Gasteiger partial charge on any atom is 0.133 e. The smallest absolute Gasteiger partial charge is 0.133 e. The van der Waals surface area contributed by atoms with Gasteiger partial charge in [-0.25, -0.2) is 0 Å². The van der Waals surface area contributed by atoms with Crippen LogP contribution < -0.4 is 14.8 Å². The SMILES string of the molecule is CCOc1ccc(C2=N[C@@H](c3ccc(Cl)cc3)C(C3CCCC3)N2)c(OCC)c1. The predicted octanol–water partition coefficient (Wildman–Crippen LogP) is 5.79. The summed E-state index contributed by atoms with van der Waals surface area (Å²) in [6.07, 6.45) is 5.12. The van der Waals surface area contributed by atoms with Crippen LogP contribution in [0, 0.1) is 5.92 Å². The number of nitrogens with one attached hydrogen (secondary N) is 1. The molecule has 0 radical (unpaired) electrons. The highest BCUT2D eigenvalue weighted by molar-refractivity contribution is 6.30. The van der Waals surface area contributed by atoms with Crippen LogP contribution in [-0.2, 0) is 0 Å². The van der Waals surface area contributed by atoms with Gasteiger partial charge in [0.15, 0.2) is 0 Å². The fraction of sp³-hybridized carbons (Fsp3) is 0.458.